The molecule has 2 atom stereocenters. The average Bonchev–Trinajstić information content (AvgIpc) is 2.33. The van der Waals surface area contributed by atoms with Gasteiger partial charge in [0.25, 0.3) is 0 Å². The van der Waals surface area contributed by atoms with Crippen molar-refractivity contribution in [3.05, 3.63) is 0 Å². The molecule has 0 bridgehead atoms. The Kier molecular flexibility index (Phi) is 6.61. The minimum Gasteiger partial charge on any atom is -0.376 e. The first kappa shape index (κ1) is 15.9. The Bertz CT molecular complexity index is 225. The summed E-state index contributed by atoms with van der Waals surface area (Å²) >= 11 is 0. The van der Waals surface area contributed by atoms with Gasteiger partial charge in [0, 0.05) is 25.7 Å². The minimum atomic E-state index is 0.315. The summed E-state index contributed by atoms with van der Waals surface area (Å²) in [5.41, 5.74) is 0.315. The van der Waals surface area contributed by atoms with E-state index in [4.69, 9.17) is 4.74 Å². The van der Waals surface area contributed by atoms with E-state index in [-0.39, 0.29) is 0 Å². The highest BCUT2D eigenvalue weighted by molar-refractivity contribution is 4.85. The normalized spacial score (nSPS) is 24.2. The molecule has 1 N–H and O–H groups in total. The highest BCUT2D eigenvalue weighted by Crippen LogP contribution is 2.21. The molecule has 1 aliphatic rings. The quantitative estimate of drug-likeness (QED) is 0.790. The van der Waals surface area contributed by atoms with Crippen molar-refractivity contribution >= 4 is 0 Å². The van der Waals surface area contributed by atoms with Crippen LogP contribution in [0.5, 0.6) is 0 Å². The summed E-state index contributed by atoms with van der Waals surface area (Å²) in [6.07, 6.45) is 2.76. The van der Waals surface area contributed by atoms with Crippen LogP contribution in [-0.2, 0) is 4.74 Å². The predicted octanol–water partition coefficient (Wildman–Crippen LogP) is 2.51. The van der Waals surface area contributed by atoms with Crippen molar-refractivity contribution < 1.29 is 4.74 Å². The standard InChI is InChI=1S/C15H32N2O/c1-6-8-16-14(15(3,4)5)12-17-9-10-18-13(7-2)11-17/h13-14,16H,6-12H2,1-5H3. The monoisotopic (exact) mass is 256 g/mol. The predicted molar refractivity (Wildman–Crippen MR) is 78.0 cm³/mol. The lowest BCUT2D eigenvalue weighted by atomic mass is 9.86. The highest BCUT2D eigenvalue weighted by atomic mass is 16.5. The van der Waals surface area contributed by atoms with Crippen LogP contribution < -0.4 is 5.32 Å². The summed E-state index contributed by atoms with van der Waals surface area (Å²) in [6.45, 7) is 16.8. The number of ether oxygens (including phenoxy) is 1. The van der Waals surface area contributed by atoms with Crippen LogP contribution in [-0.4, -0.2) is 49.8 Å². The Hall–Kier alpha value is -0.120. The van der Waals surface area contributed by atoms with Gasteiger partial charge in [0.1, 0.15) is 0 Å². The third-order valence-electron chi connectivity index (χ3n) is 3.81. The summed E-state index contributed by atoms with van der Waals surface area (Å²) in [5.74, 6) is 0. The van der Waals surface area contributed by atoms with Gasteiger partial charge in [0.05, 0.1) is 12.7 Å². The van der Waals surface area contributed by atoms with Gasteiger partial charge in [-0.05, 0) is 24.8 Å². The maximum absolute atomic E-state index is 5.74. The van der Waals surface area contributed by atoms with Gasteiger partial charge in [-0.15, -0.1) is 0 Å². The van der Waals surface area contributed by atoms with E-state index in [1.165, 1.54) is 6.42 Å². The van der Waals surface area contributed by atoms with Crippen LogP contribution in [0.1, 0.15) is 47.5 Å². The lowest BCUT2D eigenvalue weighted by Crippen LogP contribution is -2.52. The molecule has 3 nitrogen and oxygen atoms in total. The van der Waals surface area contributed by atoms with Crippen LogP contribution in [0, 0.1) is 5.41 Å². The second-order valence-electron chi connectivity index (χ2n) is 6.53. The molecule has 2 unspecified atom stereocenters. The Morgan fingerprint density at radius 1 is 1.33 bits per heavy atom. The smallest absolute Gasteiger partial charge is 0.0700 e. The number of hydrogen-bond acceptors (Lipinski definition) is 3. The second kappa shape index (κ2) is 7.46. The molecule has 18 heavy (non-hydrogen) atoms. The van der Waals surface area contributed by atoms with Crippen molar-refractivity contribution in [3.8, 4) is 0 Å². The van der Waals surface area contributed by atoms with Gasteiger partial charge in [0.15, 0.2) is 0 Å². The van der Waals surface area contributed by atoms with Crippen LogP contribution in [0.3, 0.4) is 0 Å². The van der Waals surface area contributed by atoms with E-state index in [1.807, 2.05) is 0 Å². The molecule has 108 valence electrons. The molecule has 1 fully saturated rings. The maximum atomic E-state index is 5.74. The first-order valence-corrected chi connectivity index (χ1v) is 7.54. The van der Waals surface area contributed by atoms with E-state index < -0.39 is 0 Å². The first-order chi connectivity index (χ1) is 8.47. The van der Waals surface area contributed by atoms with Gasteiger partial charge in [0.2, 0.25) is 0 Å². The first-order valence-electron chi connectivity index (χ1n) is 7.54. The molecule has 1 rings (SSSR count). The van der Waals surface area contributed by atoms with Crippen molar-refractivity contribution in [1.29, 1.82) is 0 Å². The fourth-order valence-corrected chi connectivity index (χ4v) is 2.41. The Balaban J connectivity index is 2.48. The molecule has 0 amide bonds. The van der Waals surface area contributed by atoms with Crippen LogP contribution in [0.4, 0.5) is 0 Å². The van der Waals surface area contributed by atoms with Gasteiger partial charge in [-0.1, -0.05) is 34.6 Å². The third kappa shape index (κ3) is 5.25. The summed E-state index contributed by atoms with van der Waals surface area (Å²) in [6, 6.07) is 0.563. The maximum Gasteiger partial charge on any atom is 0.0700 e. The molecule has 0 saturated carbocycles. The Morgan fingerprint density at radius 2 is 2.06 bits per heavy atom. The number of nitrogens with zero attached hydrogens (tertiary/aromatic N) is 1. The molecular formula is C15H32N2O. The van der Waals surface area contributed by atoms with Crippen molar-refractivity contribution in [3.63, 3.8) is 0 Å². The summed E-state index contributed by atoms with van der Waals surface area (Å²) in [7, 11) is 0. The van der Waals surface area contributed by atoms with Gasteiger partial charge in [-0.3, -0.25) is 4.90 Å². The fourth-order valence-electron chi connectivity index (χ4n) is 2.41. The van der Waals surface area contributed by atoms with E-state index >= 15 is 0 Å². The largest absolute Gasteiger partial charge is 0.376 e. The van der Waals surface area contributed by atoms with E-state index in [1.54, 1.807) is 0 Å². The summed E-state index contributed by atoms with van der Waals surface area (Å²) in [4.78, 5) is 2.57. The SMILES string of the molecule is CCCNC(CN1CCOC(CC)C1)C(C)(C)C. The highest BCUT2D eigenvalue weighted by Gasteiger charge is 2.28. The fraction of sp³-hybridized carbons (Fsp3) is 1.00. The molecule has 1 aliphatic heterocycles. The molecule has 3 heteroatoms. The molecule has 0 aliphatic carbocycles. The number of rotatable bonds is 6. The zero-order valence-corrected chi connectivity index (χ0v) is 13.0. The second-order valence-corrected chi connectivity index (χ2v) is 6.53. The summed E-state index contributed by atoms with van der Waals surface area (Å²) < 4.78 is 5.74. The number of hydrogen-bond donors (Lipinski definition) is 1. The van der Waals surface area contributed by atoms with Crippen molar-refractivity contribution in [2.75, 3.05) is 32.8 Å². The lowest BCUT2D eigenvalue weighted by Gasteiger charge is -2.39. The van der Waals surface area contributed by atoms with Gasteiger partial charge < -0.3 is 10.1 Å². The van der Waals surface area contributed by atoms with Gasteiger partial charge >= 0.3 is 0 Å². The van der Waals surface area contributed by atoms with Crippen LogP contribution in [0.2, 0.25) is 0 Å². The van der Waals surface area contributed by atoms with Gasteiger partial charge in [-0.2, -0.15) is 0 Å². The molecule has 0 aromatic heterocycles. The molecule has 0 radical (unpaired) electrons. The third-order valence-corrected chi connectivity index (χ3v) is 3.81. The molecule has 0 aromatic rings. The molecular weight excluding hydrogens is 224 g/mol. The number of nitrogens with one attached hydrogen (secondary N) is 1. The minimum absolute atomic E-state index is 0.315. The molecule has 1 heterocycles. The van der Waals surface area contributed by atoms with E-state index in [0.717, 1.165) is 39.2 Å². The average molecular weight is 256 g/mol. The Morgan fingerprint density at radius 3 is 2.61 bits per heavy atom. The molecule has 0 spiro atoms. The topological polar surface area (TPSA) is 24.5 Å². The molecule has 0 aromatic carbocycles. The van der Waals surface area contributed by atoms with Crippen LogP contribution in [0.25, 0.3) is 0 Å². The lowest BCUT2D eigenvalue weighted by molar-refractivity contribution is -0.0358. The zero-order chi connectivity index (χ0) is 13.6. The van der Waals surface area contributed by atoms with Gasteiger partial charge in [-0.25, -0.2) is 0 Å². The summed E-state index contributed by atoms with van der Waals surface area (Å²) in [5, 5.41) is 3.71. The van der Waals surface area contributed by atoms with E-state index in [9.17, 15) is 0 Å². The van der Waals surface area contributed by atoms with Crippen molar-refractivity contribution in [1.82, 2.24) is 10.2 Å². The van der Waals surface area contributed by atoms with E-state index in [2.05, 4.69) is 44.8 Å². The van der Waals surface area contributed by atoms with Crippen LogP contribution in [0.15, 0.2) is 0 Å². The Labute approximate surface area is 113 Å². The van der Waals surface area contributed by atoms with E-state index in [0.29, 0.717) is 17.6 Å². The van der Waals surface area contributed by atoms with Crippen LogP contribution >= 0.6 is 0 Å². The number of morpholine rings is 1. The molecule has 1 saturated heterocycles. The zero-order valence-electron chi connectivity index (χ0n) is 13.0. The van der Waals surface area contributed by atoms with Crippen molar-refractivity contribution in [2.24, 2.45) is 5.41 Å². The van der Waals surface area contributed by atoms with Crippen molar-refractivity contribution in [2.45, 2.75) is 59.6 Å².